The fourth-order valence-electron chi connectivity index (χ4n) is 3.02. The average Bonchev–Trinajstić information content (AvgIpc) is 3.21. The number of benzene rings is 3. The van der Waals surface area contributed by atoms with Crippen LogP contribution < -0.4 is 9.47 Å². The standard InChI is InChI=1S/C24H21F2NO3/c1-16-5-7-17(8-6-16)13-28-19-9-11-20(12-10-19)29-14-18-15-30-24(27-18)23-21(25)3-2-4-22(23)26/h2-12,18H,13-15H2,1H3. The predicted octanol–water partition coefficient (Wildman–Crippen LogP) is 5.08. The molecule has 0 saturated carbocycles. The summed E-state index contributed by atoms with van der Waals surface area (Å²) < 4.78 is 44.6. The van der Waals surface area contributed by atoms with Crippen molar-refractivity contribution in [3.8, 4) is 11.5 Å². The quantitative estimate of drug-likeness (QED) is 0.547. The molecular formula is C24H21F2NO3. The van der Waals surface area contributed by atoms with E-state index in [2.05, 4.69) is 17.1 Å². The van der Waals surface area contributed by atoms with Crippen LogP contribution in [-0.4, -0.2) is 25.2 Å². The van der Waals surface area contributed by atoms with Crippen LogP contribution in [0.15, 0.2) is 71.7 Å². The van der Waals surface area contributed by atoms with Gasteiger partial charge in [0.15, 0.2) is 0 Å². The van der Waals surface area contributed by atoms with Gasteiger partial charge in [-0.05, 0) is 48.9 Å². The van der Waals surface area contributed by atoms with Gasteiger partial charge in [-0.25, -0.2) is 13.8 Å². The molecule has 0 radical (unpaired) electrons. The highest BCUT2D eigenvalue weighted by molar-refractivity contribution is 5.95. The zero-order chi connectivity index (χ0) is 20.9. The number of hydrogen-bond donors (Lipinski definition) is 0. The van der Waals surface area contributed by atoms with Crippen LogP contribution >= 0.6 is 0 Å². The van der Waals surface area contributed by atoms with Gasteiger partial charge in [-0.15, -0.1) is 0 Å². The maximum atomic E-state index is 13.9. The Morgan fingerprint density at radius 2 is 1.53 bits per heavy atom. The third-order valence-electron chi connectivity index (χ3n) is 4.68. The molecule has 0 amide bonds. The van der Waals surface area contributed by atoms with Gasteiger partial charge in [-0.2, -0.15) is 0 Å². The van der Waals surface area contributed by atoms with Gasteiger partial charge in [0.2, 0.25) is 5.90 Å². The van der Waals surface area contributed by atoms with E-state index in [0.29, 0.717) is 12.4 Å². The van der Waals surface area contributed by atoms with Crippen molar-refractivity contribution < 1.29 is 23.0 Å². The van der Waals surface area contributed by atoms with Crippen LogP contribution in [0.4, 0.5) is 8.78 Å². The predicted molar refractivity (Wildman–Crippen MR) is 110 cm³/mol. The van der Waals surface area contributed by atoms with Crippen molar-refractivity contribution in [3.63, 3.8) is 0 Å². The molecule has 3 aromatic rings. The van der Waals surface area contributed by atoms with Gasteiger partial charge >= 0.3 is 0 Å². The van der Waals surface area contributed by atoms with Crippen molar-refractivity contribution in [2.24, 2.45) is 4.99 Å². The van der Waals surface area contributed by atoms with E-state index in [9.17, 15) is 8.78 Å². The van der Waals surface area contributed by atoms with Gasteiger partial charge in [-0.1, -0.05) is 35.9 Å². The van der Waals surface area contributed by atoms with Crippen molar-refractivity contribution in [1.29, 1.82) is 0 Å². The van der Waals surface area contributed by atoms with E-state index in [4.69, 9.17) is 14.2 Å². The molecule has 0 saturated heterocycles. The molecule has 1 heterocycles. The van der Waals surface area contributed by atoms with Crippen molar-refractivity contribution in [3.05, 3.63) is 95.1 Å². The Kier molecular flexibility index (Phi) is 5.93. The molecule has 0 aromatic heterocycles. The van der Waals surface area contributed by atoms with Crippen molar-refractivity contribution >= 4 is 5.90 Å². The largest absolute Gasteiger partial charge is 0.491 e. The summed E-state index contributed by atoms with van der Waals surface area (Å²) in [6.45, 7) is 2.99. The van der Waals surface area contributed by atoms with E-state index >= 15 is 0 Å². The van der Waals surface area contributed by atoms with E-state index in [0.717, 1.165) is 11.3 Å². The minimum Gasteiger partial charge on any atom is -0.491 e. The van der Waals surface area contributed by atoms with Crippen LogP contribution in [0.25, 0.3) is 0 Å². The molecule has 154 valence electrons. The lowest BCUT2D eigenvalue weighted by Gasteiger charge is -2.10. The summed E-state index contributed by atoms with van der Waals surface area (Å²) >= 11 is 0. The first-order chi connectivity index (χ1) is 14.6. The lowest BCUT2D eigenvalue weighted by molar-refractivity contribution is 0.242. The second-order valence-corrected chi connectivity index (χ2v) is 7.05. The highest BCUT2D eigenvalue weighted by Crippen LogP contribution is 2.21. The van der Waals surface area contributed by atoms with Gasteiger partial charge in [0, 0.05) is 0 Å². The summed E-state index contributed by atoms with van der Waals surface area (Å²) in [7, 11) is 0. The Hall–Kier alpha value is -3.41. The van der Waals surface area contributed by atoms with E-state index in [1.807, 2.05) is 31.2 Å². The lowest BCUT2D eigenvalue weighted by Crippen LogP contribution is -2.16. The van der Waals surface area contributed by atoms with Crippen LogP contribution in [-0.2, 0) is 11.3 Å². The molecule has 30 heavy (non-hydrogen) atoms. The summed E-state index contributed by atoms with van der Waals surface area (Å²) in [4.78, 5) is 4.25. The van der Waals surface area contributed by atoms with Gasteiger partial charge in [-0.3, -0.25) is 0 Å². The number of halogens is 2. The third kappa shape index (κ3) is 4.76. The number of rotatable bonds is 7. The first kappa shape index (κ1) is 19.9. The van der Waals surface area contributed by atoms with E-state index in [1.54, 1.807) is 12.1 Å². The van der Waals surface area contributed by atoms with E-state index in [-0.39, 0.29) is 30.7 Å². The summed E-state index contributed by atoms with van der Waals surface area (Å²) in [5, 5.41) is 0. The fraction of sp³-hybridized carbons (Fsp3) is 0.208. The van der Waals surface area contributed by atoms with Crippen LogP contribution in [0, 0.1) is 18.6 Å². The molecular weight excluding hydrogens is 388 g/mol. The Bertz CT molecular complexity index is 1010. The van der Waals surface area contributed by atoms with Crippen molar-refractivity contribution in [1.82, 2.24) is 0 Å². The Morgan fingerprint density at radius 3 is 2.20 bits per heavy atom. The molecule has 0 bridgehead atoms. The molecule has 0 N–H and O–H groups in total. The lowest BCUT2D eigenvalue weighted by atomic mass is 10.2. The smallest absolute Gasteiger partial charge is 0.222 e. The van der Waals surface area contributed by atoms with Crippen LogP contribution in [0.2, 0.25) is 0 Å². The number of ether oxygens (including phenoxy) is 3. The van der Waals surface area contributed by atoms with E-state index in [1.165, 1.54) is 23.8 Å². The zero-order valence-electron chi connectivity index (χ0n) is 16.5. The number of nitrogens with zero attached hydrogens (tertiary/aromatic N) is 1. The van der Waals surface area contributed by atoms with Crippen LogP contribution in [0.1, 0.15) is 16.7 Å². The summed E-state index contributed by atoms with van der Waals surface area (Å²) in [5.74, 6) is -0.0342. The monoisotopic (exact) mass is 409 g/mol. The maximum absolute atomic E-state index is 13.9. The molecule has 1 unspecified atom stereocenters. The summed E-state index contributed by atoms with van der Waals surface area (Å²) in [5.41, 5.74) is 2.07. The molecule has 6 heteroatoms. The van der Waals surface area contributed by atoms with Crippen LogP contribution in [0.5, 0.6) is 11.5 Å². The minimum absolute atomic E-state index is 0.0287. The Morgan fingerprint density at radius 1 is 0.900 bits per heavy atom. The second kappa shape index (κ2) is 8.95. The molecule has 1 atom stereocenters. The van der Waals surface area contributed by atoms with Gasteiger partial charge < -0.3 is 14.2 Å². The fourth-order valence-corrected chi connectivity index (χ4v) is 3.02. The topological polar surface area (TPSA) is 40.0 Å². The Balaban J connectivity index is 1.30. The highest BCUT2D eigenvalue weighted by atomic mass is 19.1. The first-order valence-electron chi connectivity index (χ1n) is 9.64. The van der Waals surface area contributed by atoms with Gasteiger partial charge in [0.05, 0.1) is 0 Å². The molecule has 0 spiro atoms. The molecule has 1 aliphatic heterocycles. The number of aliphatic imine (C=N–C) groups is 1. The normalized spacial score (nSPS) is 15.4. The maximum Gasteiger partial charge on any atom is 0.222 e. The SMILES string of the molecule is Cc1ccc(COc2ccc(OCC3COC(c4c(F)cccc4F)=N3)cc2)cc1. The molecule has 0 aliphatic carbocycles. The third-order valence-corrected chi connectivity index (χ3v) is 4.68. The van der Waals surface area contributed by atoms with Crippen LogP contribution in [0.3, 0.4) is 0 Å². The zero-order valence-corrected chi connectivity index (χ0v) is 16.5. The molecule has 4 nitrogen and oxygen atoms in total. The summed E-state index contributed by atoms with van der Waals surface area (Å²) in [6, 6.07) is 18.8. The van der Waals surface area contributed by atoms with Crippen molar-refractivity contribution in [2.45, 2.75) is 19.6 Å². The van der Waals surface area contributed by atoms with Crippen molar-refractivity contribution in [2.75, 3.05) is 13.2 Å². The molecule has 0 fully saturated rings. The highest BCUT2D eigenvalue weighted by Gasteiger charge is 2.25. The van der Waals surface area contributed by atoms with E-state index < -0.39 is 11.6 Å². The second-order valence-electron chi connectivity index (χ2n) is 7.05. The molecule has 1 aliphatic rings. The molecule has 3 aromatic carbocycles. The summed E-state index contributed by atoms with van der Waals surface area (Å²) in [6.07, 6.45) is 0. The average molecular weight is 409 g/mol. The van der Waals surface area contributed by atoms with Gasteiger partial charge in [0.25, 0.3) is 0 Å². The van der Waals surface area contributed by atoms with Gasteiger partial charge in [0.1, 0.15) is 54.6 Å². The first-order valence-corrected chi connectivity index (χ1v) is 9.64. The number of hydrogen-bond acceptors (Lipinski definition) is 4. The Labute approximate surface area is 173 Å². The minimum atomic E-state index is -0.698. The number of aryl methyl sites for hydroxylation is 1. The molecule has 4 rings (SSSR count).